The number of ether oxygens (including phenoxy) is 1. The second-order valence-electron chi connectivity index (χ2n) is 4.29. The van der Waals surface area contributed by atoms with Gasteiger partial charge in [0.05, 0.1) is 6.61 Å². The van der Waals surface area contributed by atoms with Gasteiger partial charge in [0.25, 0.3) is 0 Å². The van der Waals surface area contributed by atoms with Crippen molar-refractivity contribution in [3.05, 3.63) is 28.8 Å². The fourth-order valence-electron chi connectivity index (χ4n) is 2.30. The molecule has 3 nitrogen and oxygen atoms in total. The van der Waals surface area contributed by atoms with E-state index in [1.807, 2.05) is 26.0 Å². The first-order valence-corrected chi connectivity index (χ1v) is 5.24. The normalized spacial score (nSPS) is 24.5. The van der Waals surface area contributed by atoms with Crippen molar-refractivity contribution in [1.29, 1.82) is 0 Å². The van der Waals surface area contributed by atoms with Gasteiger partial charge < -0.3 is 15.6 Å². The molecule has 1 aliphatic rings. The summed E-state index contributed by atoms with van der Waals surface area (Å²) < 4.78 is 5.57. The monoisotopic (exact) mass is 207 g/mol. The Balaban J connectivity index is 2.61. The van der Waals surface area contributed by atoms with E-state index in [1.165, 1.54) is 0 Å². The Bertz CT molecular complexity index is 389. The molecule has 1 heterocycles. The van der Waals surface area contributed by atoms with Gasteiger partial charge in [0, 0.05) is 18.5 Å². The maximum absolute atomic E-state index is 10.4. The number of hydrogen-bond donors (Lipinski definition) is 2. The van der Waals surface area contributed by atoms with Crippen molar-refractivity contribution in [2.75, 3.05) is 13.2 Å². The fourth-order valence-corrected chi connectivity index (χ4v) is 2.30. The highest BCUT2D eigenvalue weighted by atomic mass is 16.5. The van der Waals surface area contributed by atoms with Crippen molar-refractivity contribution in [3.8, 4) is 5.75 Å². The second-order valence-corrected chi connectivity index (χ2v) is 4.29. The third-order valence-electron chi connectivity index (χ3n) is 3.02. The third-order valence-corrected chi connectivity index (χ3v) is 3.02. The summed E-state index contributed by atoms with van der Waals surface area (Å²) >= 11 is 0. The van der Waals surface area contributed by atoms with E-state index in [0.717, 1.165) is 22.4 Å². The molecule has 0 saturated carbocycles. The van der Waals surface area contributed by atoms with Gasteiger partial charge in [-0.25, -0.2) is 0 Å². The molecule has 2 rings (SSSR count). The molecule has 0 bridgehead atoms. The molecular formula is C12H17NO2. The van der Waals surface area contributed by atoms with Crippen LogP contribution in [0.15, 0.2) is 12.1 Å². The van der Waals surface area contributed by atoms with Gasteiger partial charge in [-0.05, 0) is 31.0 Å². The van der Waals surface area contributed by atoms with E-state index in [-0.39, 0.29) is 6.54 Å². The molecule has 0 aromatic heterocycles. The Labute approximate surface area is 89.9 Å². The van der Waals surface area contributed by atoms with Gasteiger partial charge in [-0.15, -0.1) is 0 Å². The molecule has 3 heteroatoms. The average molecular weight is 207 g/mol. The number of rotatable bonds is 1. The van der Waals surface area contributed by atoms with Gasteiger partial charge in [-0.3, -0.25) is 0 Å². The third kappa shape index (κ3) is 1.62. The topological polar surface area (TPSA) is 55.5 Å². The standard InChI is InChI=1S/C12H17NO2/c1-8-5-9(2)11-10(6-8)15-4-3-12(11,14)7-13/h5-6,14H,3-4,7,13H2,1-2H3. The van der Waals surface area contributed by atoms with Crippen LogP contribution in [0.5, 0.6) is 5.75 Å². The first-order chi connectivity index (χ1) is 7.07. The number of aliphatic hydroxyl groups is 1. The molecule has 0 amide bonds. The highest BCUT2D eigenvalue weighted by molar-refractivity contribution is 5.47. The molecule has 1 aliphatic heterocycles. The van der Waals surface area contributed by atoms with E-state index in [9.17, 15) is 5.11 Å². The largest absolute Gasteiger partial charge is 0.493 e. The molecule has 0 aliphatic carbocycles. The number of fused-ring (bicyclic) bond motifs is 1. The Hall–Kier alpha value is -1.06. The molecule has 3 N–H and O–H groups in total. The SMILES string of the molecule is Cc1cc(C)c2c(c1)OCCC2(O)CN. The van der Waals surface area contributed by atoms with Crippen molar-refractivity contribution in [3.63, 3.8) is 0 Å². The average Bonchev–Trinajstić information content (AvgIpc) is 2.16. The molecule has 0 spiro atoms. The lowest BCUT2D eigenvalue weighted by molar-refractivity contribution is 0.00469. The molecule has 0 saturated heterocycles. The molecule has 0 fully saturated rings. The summed E-state index contributed by atoms with van der Waals surface area (Å²) in [6.45, 7) is 4.78. The summed E-state index contributed by atoms with van der Waals surface area (Å²) in [5, 5.41) is 10.4. The fraction of sp³-hybridized carbons (Fsp3) is 0.500. The van der Waals surface area contributed by atoms with E-state index >= 15 is 0 Å². The second kappa shape index (κ2) is 3.51. The van der Waals surface area contributed by atoms with Crippen molar-refractivity contribution < 1.29 is 9.84 Å². The van der Waals surface area contributed by atoms with Gasteiger partial charge in [0.2, 0.25) is 0 Å². The summed E-state index contributed by atoms with van der Waals surface area (Å²) in [7, 11) is 0. The van der Waals surface area contributed by atoms with Gasteiger partial charge in [-0.2, -0.15) is 0 Å². The molecule has 1 unspecified atom stereocenters. The van der Waals surface area contributed by atoms with Crippen LogP contribution in [0.25, 0.3) is 0 Å². The van der Waals surface area contributed by atoms with Gasteiger partial charge in [-0.1, -0.05) is 6.07 Å². The van der Waals surface area contributed by atoms with E-state index in [2.05, 4.69) is 0 Å². The molecule has 15 heavy (non-hydrogen) atoms. The molecular weight excluding hydrogens is 190 g/mol. The minimum absolute atomic E-state index is 0.243. The first kappa shape index (κ1) is 10.5. The lowest BCUT2D eigenvalue weighted by Gasteiger charge is -2.34. The zero-order chi connectivity index (χ0) is 11.1. The zero-order valence-corrected chi connectivity index (χ0v) is 9.21. The summed E-state index contributed by atoms with van der Waals surface area (Å²) in [5.74, 6) is 0.784. The van der Waals surface area contributed by atoms with Crippen LogP contribution in [0.3, 0.4) is 0 Å². The Morgan fingerprint density at radius 1 is 1.47 bits per heavy atom. The summed E-state index contributed by atoms with van der Waals surface area (Å²) in [6, 6.07) is 4.01. The number of aryl methyl sites for hydroxylation is 2. The minimum Gasteiger partial charge on any atom is -0.493 e. The summed E-state index contributed by atoms with van der Waals surface area (Å²) in [6.07, 6.45) is 0.570. The minimum atomic E-state index is -0.911. The van der Waals surface area contributed by atoms with Crippen LogP contribution in [-0.4, -0.2) is 18.3 Å². The lowest BCUT2D eigenvalue weighted by atomic mass is 9.84. The Kier molecular flexibility index (Phi) is 2.44. The molecule has 1 atom stereocenters. The maximum Gasteiger partial charge on any atom is 0.125 e. The van der Waals surface area contributed by atoms with Crippen LogP contribution < -0.4 is 10.5 Å². The highest BCUT2D eigenvalue weighted by Crippen LogP contribution is 2.39. The van der Waals surface area contributed by atoms with Crippen LogP contribution in [0.2, 0.25) is 0 Å². The predicted molar refractivity (Wildman–Crippen MR) is 59.0 cm³/mol. The van der Waals surface area contributed by atoms with Gasteiger partial charge in [0.1, 0.15) is 11.4 Å². The summed E-state index contributed by atoms with van der Waals surface area (Å²) in [5.41, 5.74) is 7.80. The lowest BCUT2D eigenvalue weighted by Crippen LogP contribution is -2.40. The van der Waals surface area contributed by atoms with Crippen LogP contribution in [-0.2, 0) is 5.60 Å². The molecule has 1 aromatic carbocycles. The van der Waals surface area contributed by atoms with Crippen LogP contribution >= 0.6 is 0 Å². The van der Waals surface area contributed by atoms with Crippen molar-refractivity contribution in [2.24, 2.45) is 5.73 Å². The number of benzene rings is 1. The predicted octanol–water partition coefficient (Wildman–Crippen LogP) is 1.23. The molecule has 0 radical (unpaired) electrons. The van der Waals surface area contributed by atoms with Crippen molar-refractivity contribution in [2.45, 2.75) is 25.9 Å². The van der Waals surface area contributed by atoms with Crippen molar-refractivity contribution in [1.82, 2.24) is 0 Å². The maximum atomic E-state index is 10.4. The van der Waals surface area contributed by atoms with Gasteiger partial charge >= 0.3 is 0 Å². The van der Waals surface area contributed by atoms with E-state index in [4.69, 9.17) is 10.5 Å². The Morgan fingerprint density at radius 2 is 2.20 bits per heavy atom. The van der Waals surface area contributed by atoms with E-state index in [1.54, 1.807) is 0 Å². The number of hydrogen-bond acceptors (Lipinski definition) is 3. The van der Waals surface area contributed by atoms with E-state index in [0.29, 0.717) is 13.0 Å². The van der Waals surface area contributed by atoms with Gasteiger partial charge in [0.15, 0.2) is 0 Å². The zero-order valence-electron chi connectivity index (χ0n) is 9.21. The van der Waals surface area contributed by atoms with Crippen LogP contribution in [0, 0.1) is 13.8 Å². The molecule has 1 aromatic rings. The quantitative estimate of drug-likeness (QED) is 0.728. The Morgan fingerprint density at radius 3 is 2.87 bits per heavy atom. The van der Waals surface area contributed by atoms with Crippen molar-refractivity contribution >= 4 is 0 Å². The first-order valence-electron chi connectivity index (χ1n) is 5.24. The number of nitrogens with two attached hydrogens (primary N) is 1. The van der Waals surface area contributed by atoms with Crippen LogP contribution in [0.4, 0.5) is 0 Å². The van der Waals surface area contributed by atoms with Crippen LogP contribution in [0.1, 0.15) is 23.1 Å². The smallest absolute Gasteiger partial charge is 0.125 e. The molecule has 82 valence electrons. The summed E-state index contributed by atoms with van der Waals surface area (Å²) in [4.78, 5) is 0. The van der Waals surface area contributed by atoms with E-state index < -0.39 is 5.60 Å². The highest BCUT2D eigenvalue weighted by Gasteiger charge is 2.35.